The predicted octanol–water partition coefficient (Wildman–Crippen LogP) is 1.88. The molecule has 0 saturated heterocycles. The van der Waals surface area contributed by atoms with Crippen molar-refractivity contribution in [2.24, 2.45) is 5.73 Å². The molecular formula is C11H13ClN2O2. The highest BCUT2D eigenvalue weighted by atomic mass is 35.5. The minimum atomic E-state index is -0.588. The molecule has 0 radical (unpaired) electrons. The van der Waals surface area contributed by atoms with Crippen LogP contribution in [0.3, 0.4) is 0 Å². The monoisotopic (exact) mass is 240 g/mol. The van der Waals surface area contributed by atoms with E-state index in [0.717, 1.165) is 0 Å². The zero-order chi connectivity index (χ0) is 11.4. The summed E-state index contributed by atoms with van der Waals surface area (Å²) < 4.78 is 4.93. The maximum absolute atomic E-state index is 9.80. The number of nitrogens with zero attached hydrogens (tertiary/aromatic N) is 1. The van der Waals surface area contributed by atoms with Gasteiger partial charge in [-0.2, -0.15) is 5.26 Å². The molecule has 0 fully saturated rings. The summed E-state index contributed by atoms with van der Waals surface area (Å²) in [5, 5.41) is 18.7. The fourth-order valence-corrected chi connectivity index (χ4v) is 1.31. The van der Waals surface area contributed by atoms with Crippen LogP contribution in [0.5, 0.6) is 11.5 Å². The van der Waals surface area contributed by atoms with Gasteiger partial charge in [0.2, 0.25) is 0 Å². The van der Waals surface area contributed by atoms with Gasteiger partial charge in [0.25, 0.3) is 0 Å². The summed E-state index contributed by atoms with van der Waals surface area (Å²) in [4.78, 5) is 0. The van der Waals surface area contributed by atoms with Gasteiger partial charge in [0.15, 0.2) is 11.5 Å². The first-order valence-corrected chi connectivity index (χ1v) is 4.33. The van der Waals surface area contributed by atoms with E-state index in [2.05, 4.69) is 6.58 Å². The third-order valence-electron chi connectivity index (χ3n) is 2.11. The molecule has 4 nitrogen and oxygen atoms in total. The Morgan fingerprint density at radius 2 is 2.25 bits per heavy atom. The van der Waals surface area contributed by atoms with E-state index in [1.807, 2.05) is 6.07 Å². The largest absolute Gasteiger partial charge is 0.504 e. The second kappa shape index (κ2) is 6.01. The molecule has 16 heavy (non-hydrogen) atoms. The second-order valence-electron chi connectivity index (χ2n) is 2.95. The van der Waals surface area contributed by atoms with E-state index in [4.69, 9.17) is 15.7 Å². The van der Waals surface area contributed by atoms with Crippen LogP contribution in [0.1, 0.15) is 17.2 Å². The first kappa shape index (κ1) is 14.3. The molecule has 0 aliphatic carbocycles. The van der Waals surface area contributed by atoms with Crippen molar-refractivity contribution in [1.82, 2.24) is 0 Å². The van der Waals surface area contributed by atoms with Gasteiger partial charge in [0.1, 0.15) is 0 Å². The molecule has 0 spiro atoms. The van der Waals surface area contributed by atoms with Crippen molar-refractivity contribution >= 4 is 12.4 Å². The van der Waals surface area contributed by atoms with Crippen molar-refractivity contribution in [3.63, 3.8) is 0 Å². The average molecular weight is 241 g/mol. The van der Waals surface area contributed by atoms with Crippen LogP contribution in [0.4, 0.5) is 0 Å². The summed E-state index contributed by atoms with van der Waals surface area (Å²) in [5.74, 6) is 0.185. The van der Waals surface area contributed by atoms with E-state index < -0.39 is 6.04 Å². The molecule has 3 N–H and O–H groups in total. The van der Waals surface area contributed by atoms with Crippen molar-refractivity contribution in [2.45, 2.75) is 6.04 Å². The van der Waals surface area contributed by atoms with Crippen molar-refractivity contribution in [2.75, 3.05) is 7.11 Å². The van der Waals surface area contributed by atoms with Crippen LogP contribution in [0.15, 0.2) is 24.8 Å². The summed E-state index contributed by atoms with van der Waals surface area (Å²) in [6.07, 6.45) is 1.45. The van der Waals surface area contributed by atoms with Crippen LogP contribution in [-0.2, 0) is 0 Å². The molecular weight excluding hydrogens is 228 g/mol. The summed E-state index contributed by atoms with van der Waals surface area (Å²) in [6, 6.07) is 4.45. The number of hydrogen-bond donors (Lipinski definition) is 2. The quantitative estimate of drug-likeness (QED) is 0.791. The molecule has 0 heterocycles. The normalized spacial score (nSPS) is 10.8. The lowest BCUT2D eigenvalue weighted by Crippen LogP contribution is -2.09. The molecule has 1 rings (SSSR count). The lowest BCUT2D eigenvalue weighted by atomic mass is 10.00. The molecule has 0 bridgehead atoms. The Bertz CT molecular complexity index is 427. The molecule has 5 heteroatoms. The first-order chi connectivity index (χ1) is 7.15. The Balaban J connectivity index is 0.00000225. The standard InChI is InChI=1S/C11H12N2O2.ClH/c1-3-8(13)10-7(6-12)4-5-9(15-2)11(10)14;/h3-5,8,14H,1,13H2,2H3;1H/t8-;/m1./s1. The van der Waals surface area contributed by atoms with Gasteiger partial charge in [-0.3, -0.25) is 0 Å². The Morgan fingerprint density at radius 3 is 2.69 bits per heavy atom. The Morgan fingerprint density at radius 1 is 1.62 bits per heavy atom. The summed E-state index contributed by atoms with van der Waals surface area (Å²) in [7, 11) is 1.43. The van der Waals surface area contributed by atoms with E-state index in [1.54, 1.807) is 6.07 Å². The smallest absolute Gasteiger partial charge is 0.164 e. The fourth-order valence-electron chi connectivity index (χ4n) is 1.31. The Hall–Kier alpha value is -1.70. The van der Waals surface area contributed by atoms with Gasteiger partial charge in [-0.15, -0.1) is 19.0 Å². The lowest BCUT2D eigenvalue weighted by Gasteiger charge is -2.13. The van der Waals surface area contributed by atoms with E-state index in [1.165, 1.54) is 19.3 Å². The molecule has 86 valence electrons. The number of nitriles is 1. The van der Waals surface area contributed by atoms with Gasteiger partial charge in [0.05, 0.1) is 24.8 Å². The molecule has 1 atom stereocenters. The zero-order valence-electron chi connectivity index (χ0n) is 8.80. The number of rotatable bonds is 3. The predicted molar refractivity (Wildman–Crippen MR) is 63.7 cm³/mol. The third kappa shape index (κ3) is 2.45. The van der Waals surface area contributed by atoms with Crippen LogP contribution >= 0.6 is 12.4 Å². The zero-order valence-corrected chi connectivity index (χ0v) is 9.62. The molecule has 0 amide bonds. The van der Waals surface area contributed by atoms with E-state index >= 15 is 0 Å². The van der Waals surface area contributed by atoms with Crippen LogP contribution < -0.4 is 10.5 Å². The Labute approximate surface area is 100 Å². The number of nitrogens with two attached hydrogens (primary N) is 1. The van der Waals surface area contributed by atoms with Gasteiger partial charge < -0.3 is 15.6 Å². The molecule has 0 unspecified atom stereocenters. The highest BCUT2D eigenvalue weighted by molar-refractivity contribution is 5.85. The number of halogens is 1. The summed E-state index contributed by atoms with van der Waals surface area (Å²) in [5.41, 5.74) is 6.37. The Kier molecular flexibility index (Phi) is 5.37. The number of hydrogen-bond acceptors (Lipinski definition) is 4. The van der Waals surface area contributed by atoms with Crippen LogP contribution in [0.25, 0.3) is 0 Å². The van der Waals surface area contributed by atoms with Crippen LogP contribution in [-0.4, -0.2) is 12.2 Å². The SMILES string of the molecule is C=C[C@@H](N)c1c(C#N)ccc(OC)c1O.Cl. The third-order valence-corrected chi connectivity index (χ3v) is 2.11. The van der Waals surface area contributed by atoms with E-state index in [9.17, 15) is 5.11 Å². The van der Waals surface area contributed by atoms with Crippen molar-refractivity contribution in [1.29, 1.82) is 5.26 Å². The molecule has 0 aliphatic heterocycles. The van der Waals surface area contributed by atoms with Crippen LogP contribution in [0, 0.1) is 11.3 Å². The first-order valence-electron chi connectivity index (χ1n) is 4.33. The maximum atomic E-state index is 9.80. The van der Waals surface area contributed by atoms with Gasteiger partial charge in [-0.1, -0.05) is 6.08 Å². The number of ether oxygens (including phenoxy) is 1. The summed E-state index contributed by atoms with van der Waals surface area (Å²) in [6.45, 7) is 3.52. The van der Waals surface area contributed by atoms with Gasteiger partial charge in [0, 0.05) is 5.56 Å². The minimum Gasteiger partial charge on any atom is -0.504 e. The average Bonchev–Trinajstić information content (AvgIpc) is 2.27. The molecule has 1 aromatic rings. The van der Waals surface area contributed by atoms with Crippen LogP contribution in [0.2, 0.25) is 0 Å². The minimum absolute atomic E-state index is 0. The lowest BCUT2D eigenvalue weighted by molar-refractivity contribution is 0.369. The molecule has 0 aliphatic rings. The highest BCUT2D eigenvalue weighted by Gasteiger charge is 2.17. The molecule has 1 aromatic carbocycles. The number of methoxy groups -OCH3 is 1. The van der Waals surface area contributed by atoms with Gasteiger partial charge >= 0.3 is 0 Å². The summed E-state index contributed by atoms with van der Waals surface area (Å²) >= 11 is 0. The molecule has 0 aromatic heterocycles. The topological polar surface area (TPSA) is 79.3 Å². The van der Waals surface area contributed by atoms with Crippen molar-refractivity contribution in [3.8, 4) is 17.6 Å². The van der Waals surface area contributed by atoms with E-state index in [-0.39, 0.29) is 18.2 Å². The van der Waals surface area contributed by atoms with Crippen molar-refractivity contribution < 1.29 is 9.84 Å². The number of phenolic OH excluding ortho intramolecular Hbond substituents is 1. The molecule has 0 saturated carbocycles. The second-order valence-corrected chi connectivity index (χ2v) is 2.95. The van der Waals surface area contributed by atoms with Crippen molar-refractivity contribution in [3.05, 3.63) is 35.9 Å². The fraction of sp³-hybridized carbons (Fsp3) is 0.182. The number of aromatic hydroxyl groups is 1. The number of benzene rings is 1. The highest BCUT2D eigenvalue weighted by Crippen LogP contribution is 2.35. The van der Waals surface area contributed by atoms with Gasteiger partial charge in [-0.05, 0) is 12.1 Å². The maximum Gasteiger partial charge on any atom is 0.164 e. The van der Waals surface area contributed by atoms with E-state index in [0.29, 0.717) is 16.9 Å². The van der Waals surface area contributed by atoms with Gasteiger partial charge in [-0.25, -0.2) is 0 Å². The number of phenols is 1.